The highest BCUT2D eigenvalue weighted by molar-refractivity contribution is 7.86. The first kappa shape index (κ1) is 23.0. The topological polar surface area (TPSA) is 57.2 Å². The maximum Gasteiger partial charge on any atom is 0.600 e. The number of thiophene rings is 1. The Balaban J connectivity index is 0.000000300. The second kappa shape index (κ2) is 8.19. The third-order valence-corrected chi connectivity index (χ3v) is 7.21. The van der Waals surface area contributed by atoms with Gasteiger partial charge >= 0.3 is 11.0 Å². The maximum absolute atomic E-state index is 13.5. The van der Waals surface area contributed by atoms with Crippen LogP contribution in [0.2, 0.25) is 0 Å². The Morgan fingerprint density at radius 2 is 1.54 bits per heavy atom. The largest absolute Gasteiger partial charge is 0.741 e. The number of halogens is 6. The van der Waals surface area contributed by atoms with Crippen molar-refractivity contribution in [3.8, 4) is 0 Å². The van der Waals surface area contributed by atoms with E-state index < -0.39 is 31.6 Å². The third-order valence-electron chi connectivity index (χ3n) is 4.44. The minimum Gasteiger partial charge on any atom is -0.741 e. The molecule has 0 spiro atoms. The van der Waals surface area contributed by atoms with Gasteiger partial charge in [-0.25, -0.2) is 8.42 Å². The van der Waals surface area contributed by atoms with Gasteiger partial charge in [0.05, 0.1) is 10.5 Å². The first-order chi connectivity index (χ1) is 12.7. The van der Waals surface area contributed by atoms with Crippen molar-refractivity contribution in [1.82, 2.24) is 0 Å². The molecule has 1 heterocycles. The molecule has 0 bridgehead atoms. The molecular formula is C17H18F6O3S2. The highest BCUT2D eigenvalue weighted by Crippen LogP contribution is 2.55. The molecule has 1 fully saturated rings. The van der Waals surface area contributed by atoms with Gasteiger partial charge in [0, 0.05) is 17.4 Å². The average molecular weight is 448 g/mol. The van der Waals surface area contributed by atoms with Crippen molar-refractivity contribution in [2.75, 3.05) is 0 Å². The molecule has 1 aliphatic rings. The van der Waals surface area contributed by atoms with Crippen LogP contribution in [0.15, 0.2) is 24.3 Å². The lowest BCUT2D eigenvalue weighted by atomic mass is 9.88. The van der Waals surface area contributed by atoms with Crippen LogP contribution in [0.3, 0.4) is 0 Å². The maximum atomic E-state index is 13.5. The summed E-state index contributed by atoms with van der Waals surface area (Å²) in [5.74, 6) is 0.126. The van der Waals surface area contributed by atoms with Crippen LogP contribution in [-0.2, 0) is 15.6 Å². The average Bonchev–Trinajstić information content (AvgIpc) is 2.93. The zero-order valence-corrected chi connectivity index (χ0v) is 16.4. The van der Waals surface area contributed by atoms with Gasteiger partial charge < -0.3 is 4.55 Å². The van der Waals surface area contributed by atoms with Crippen LogP contribution in [0, 0.1) is 6.92 Å². The summed E-state index contributed by atoms with van der Waals surface area (Å²) in [5.41, 5.74) is -8.77. The zero-order valence-electron chi connectivity index (χ0n) is 14.7. The van der Waals surface area contributed by atoms with Crippen molar-refractivity contribution in [1.29, 1.82) is 0 Å². The number of hydrogen-bond donors (Lipinski definition) is 0. The Kier molecular flexibility index (Phi) is 6.72. The minimum atomic E-state index is -6.09. The summed E-state index contributed by atoms with van der Waals surface area (Å²) in [6.45, 7) is 1.93. The molecule has 3 rings (SSSR count). The zero-order chi connectivity index (χ0) is 21.3. The Bertz CT molecular complexity index is 923. The van der Waals surface area contributed by atoms with E-state index in [1.54, 1.807) is 12.1 Å². The first-order valence-corrected chi connectivity index (χ1v) is 11.0. The summed E-state index contributed by atoms with van der Waals surface area (Å²) in [4.78, 5) is 0.637. The number of rotatable bonds is 1. The van der Waals surface area contributed by atoms with E-state index in [0.29, 0.717) is 9.58 Å². The molecule has 2 aromatic rings. The molecule has 1 unspecified atom stereocenters. The Hall–Kier alpha value is -1.33. The van der Waals surface area contributed by atoms with Crippen molar-refractivity contribution < 1.29 is 39.3 Å². The van der Waals surface area contributed by atoms with Gasteiger partial charge in [0.2, 0.25) is 0 Å². The molecule has 0 amide bonds. The monoisotopic (exact) mass is 448 g/mol. The van der Waals surface area contributed by atoms with Crippen molar-refractivity contribution in [2.24, 2.45) is 0 Å². The number of aryl methyl sites for hydroxylation is 1. The van der Waals surface area contributed by atoms with Crippen LogP contribution in [0.1, 0.15) is 48.5 Å². The van der Waals surface area contributed by atoms with Crippen LogP contribution >= 0.6 is 10.5 Å². The molecule has 3 nitrogen and oxygen atoms in total. The van der Waals surface area contributed by atoms with Crippen molar-refractivity contribution >= 4 is 30.7 Å². The number of alkyl halides is 6. The fraction of sp³-hybridized carbons (Fsp3) is 0.529. The summed E-state index contributed by atoms with van der Waals surface area (Å²) in [5, 5.41) is 0.784. The third kappa shape index (κ3) is 5.38. The molecule has 0 radical (unpaired) electrons. The lowest BCUT2D eigenvalue weighted by Gasteiger charge is -2.18. The van der Waals surface area contributed by atoms with E-state index in [-0.39, 0.29) is 5.92 Å². The summed E-state index contributed by atoms with van der Waals surface area (Å²) in [6.07, 6.45) is 5.12. The predicted octanol–water partition coefficient (Wildman–Crippen LogP) is 6.47. The minimum absolute atomic E-state index is 0.126. The molecule has 1 aromatic carbocycles. The van der Waals surface area contributed by atoms with Gasteiger partial charge in [-0.2, -0.15) is 13.2 Å². The van der Waals surface area contributed by atoms with Gasteiger partial charge in [-0.3, -0.25) is 0 Å². The number of fused-ring (bicyclic) bond motifs is 1. The van der Waals surface area contributed by atoms with Crippen LogP contribution in [-0.4, -0.2) is 18.5 Å². The normalized spacial score (nSPS) is 17.4. The standard InChI is InChI=1S/C16H18F3S.CHF3O3S/c1-11-7-8-14-13(9-11)10-15(20(14)16(17,18)19)12-5-3-2-4-6-12;2-1(3,4)8(5,6)7/h7-10,12H,2-6H2,1H3;(H,5,6,7)/q+1;/p-1. The summed E-state index contributed by atoms with van der Waals surface area (Å²) in [6, 6.07) is 7.18. The van der Waals surface area contributed by atoms with E-state index in [2.05, 4.69) is 0 Å². The van der Waals surface area contributed by atoms with Gasteiger partial charge in [-0.15, -0.1) is 13.2 Å². The molecule has 11 heteroatoms. The van der Waals surface area contributed by atoms with E-state index >= 15 is 0 Å². The molecule has 158 valence electrons. The summed E-state index contributed by atoms with van der Waals surface area (Å²) in [7, 11) is -7.79. The highest BCUT2D eigenvalue weighted by Gasteiger charge is 2.49. The van der Waals surface area contributed by atoms with Gasteiger partial charge in [0.15, 0.2) is 19.7 Å². The predicted molar refractivity (Wildman–Crippen MR) is 94.0 cm³/mol. The number of hydrogen-bond acceptors (Lipinski definition) is 3. The van der Waals surface area contributed by atoms with Gasteiger partial charge in [-0.05, 0) is 31.9 Å². The first-order valence-electron chi connectivity index (χ1n) is 8.37. The van der Waals surface area contributed by atoms with E-state index in [1.165, 1.54) is 0 Å². The van der Waals surface area contributed by atoms with Crippen molar-refractivity contribution in [2.45, 2.75) is 56.0 Å². The molecule has 28 heavy (non-hydrogen) atoms. The molecule has 1 saturated carbocycles. The molecule has 0 aliphatic heterocycles. The lowest BCUT2D eigenvalue weighted by Crippen LogP contribution is -2.21. The smallest absolute Gasteiger partial charge is 0.600 e. The SMILES string of the molecule is Cc1ccc2c(c1)cc(C1CCCCC1)[s+]2C(F)(F)F.O=S(=O)([O-])C(F)(F)F. The lowest BCUT2D eigenvalue weighted by molar-refractivity contribution is -0.0868. The van der Waals surface area contributed by atoms with Crippen LogP contribution in [0.5, 0.6) is 0 Å². The second-order valence-corrected chi connectivity index (χ2v) is 9.93. The highest BCUT2D eigenvalue weighted by atomic mass is 32.2. The second-order valence-electron chi connectivity index (χ2n) is 6.57. The van der Waals surface area contributed by atoms with Crippen molar-refractivity contribution in [3.05, 3.63) is 34.7 Å². The summed E-state index contributed by atoms with van der Waals surface area (Å²) < 4.78 is 99.9. The van der Waals surface area contributed by atoms with E-state index in [1.807, 2.05) is 19.1 Å². The Morgan fingerprint density at radius 1 is 1.00 bits per heavy atom. The molecule has 0 N–H and O–H groups in total. The summed E-state index contributed by atoms with van der Waals surface area (Å²) >= 11 is 0. The van der Waals surface area contributed by atoms with Crippen LogP contribution in [0.4, 0.5) is 26.3 Å². The van der Waals surface area contributed by atoms with Gasteiger partial charge in [-0.1, -0.05) is 30.9 Å². The molecule has 1 aromatic heterocycles. The molecule has 0 saturated heterocycles. The molecular weight excluding hydrogens is 430 g/mol. The van der Waals surface area contributed by atoms with Crippen LogP contribution in [0.25, 0.3) is 10.1 Å². The Labute approximate surface area is 161 Å². The molecule has 1 aliphatic carbocycles. The van der Waals surface area contributed by atoms with E-state index in [0.717, 1.165) is 43.1 Å². The fourth-order valence-corrected chi connectivity index (χ4v) is 5.38. The van der Waals surface area contributed by atoms with Gasteiger partial charge in [0.25, 0.3) is 0 Å². The number of benzene rings is 1. The van der Waals surface area contributed by atoms with E-state index in [9.17, 15) is 26.3 Å². The van der Waals surface area contributed by atoms with Gasteiger partial charge in [0.1, 0.15) is 0 Å². The van der Waals surface area contributed by atoms with Crippen LogP contribution < -0.4 is 0 Å². The molecule has 1 atom stereocenters. The van der Waals surface area contributed by atoms with E-state index in [4.69, 9.17) is 13.0 Å². The quantitative estimate of drug-likeness (QED) is 0.217. The van der Waals surface area contributed by atoms with Crippen molar-refractivity contribution in [3.63, 3.8) is 0 Å². The Morgan fingerprint density at radius 3 is 2.00 bits per heavy atom. The fourth-order valence-electron chi connectivity index (χ4n) is 3.24.